The van der Waals surface area contributed by atoms with E-state index in [-0.39, 0.29) is 6.10 Å². The quantitative estimate of drug-likeness (QED) is 0.790. The fourth-order valence-electron chi connectivity index (χ4n) is 1.80. The normalized spacial score (nSPS) is 10.8. The minimum Gasteiger partial charge on any atom is -0.490 e. The molecule has 0 saturated carbocycles. The number of halogens is 1. The minimum atomic E-state index is 0.136. The zero-order valence-corrected chi connectivity index (χ0v) is 12.9. The molecule has 0 fully saturated rings. The van der Waals surface area contributed by atoms with Gasteiger partial charge >= 0.3 is 0 Å². The number of ether oxygens (including phenoxy) is 1. The summed E-state index contributed by atoms with van der Waals surface area (Å²) in [5.41, 5.74) is 1.88. The molecular formula is C15H17BrN2O. The van der Waals surface area contributed by atoms with E-state index in [1.165, 1.54) is 0 Å². The van der Waals surface area contributed by atoms with Gasteiger partial charge in [-0.1, -0.05) is 19.1 Å². The van der Waals surface area contributed by atoms with Crippen molar-refractivity contribution in [2.24, 2.45) is 0 Å². The Hall–Kier alpha value is -1.42. The Labute approximate surface area is 122 Å². The van der Waals surface area contributed by atoms with E-state index in [0.29, 0.717) is 0 Å². The van der Waals surface area contributed by atoms with Crippen LogP contribution in [-0.4, -0.2) is 16.1 Å². The Morgan fingerprint density at radius 1 is 1.21 bits per heavy atom. The van der Waals surface area contributed by atoms with Crippen molar-refractivity contribution in [3.63, 3.8) is 0 Å². The van der Waals surface area contributed by atoms with Crippen LogP contribution in [0.1, 0.15) is 26.6 Å². The van der Waals surface area contributed by atoms with Crippen molar-refractivity contribution in [2.45, 2.75) is 33.3 Å². The van der Waals surface area contributed by atoms with Gasteiger partial charge in [0.05, 0.1) is 11.8 Å². The number of para-hydroxylation sites is 1. The van der Waals surface area contributed by atoms with Crippen LogP contribution >= 0.6 is 15.9 Å². The van der Waals surface area contributed by atoms with Crippen molar-refractivity contribution in [2.75, 3.05) is 0 Å². The van der Waals surface area contributed by atoms with E-state index in [2.05, 4.69) is 25.9 Å². The first-order valence-corrected chi connectivity index (χ1v) is 7.19. The summed E-state index contributed by atoms with van der Waals surface area (Å²) in [6.07, 6.45) is 0.941. The summed E-state index contributed by atoms with van der Waals surface area (Å²) < 4.78 is 6.64. The average Bonchev–Trinajstić information content (AvgIpc) is 2.38. The van der Waals surface area contributed by atoms with E-state index in [0.717, 1.165) is 33.9 Å². The SMILES string of the molecule is CCc1nc(Br)cc(-c2ccccc2OC(C)C)n1. The molecule has 0 aliphatic heterocycles. The summed E-state index contributed by atoms with van der Waals surface area (Å²) in [4.78, 5) is 8.90. The topological polar surface area (TPSA) is 35.0 Å². The summed E-state index contributed by atoms with van der Waals surface area (Å²) in [5.74, 6) is 1.67. The summed E-state index contributed by atoms with van der Waals surface area (Å²) >= 11 is 3.43. The van der Waals surface area contributed by atoms with Crippen molar-refractivity contribution in [3.05, 3.63) is 40.8 Å². The fraction of sp³-hybridized carbons (Fsp3) is 0.333. The van der Waals surface area contributed by atoms with Gasteiger partial charge in [-0.2, -0.15) is 0 Å². The molecule has 19 heavy (non-hydrogen) atoms. The van der Waals surface area contributed by atoms with E-state index in [4.69, 9.17) is 4.74 Å². The first-order valence-electron chi connectivity index (χ1n) is 6.39. The molecule has 0 aliphatic carbocycles. The summed E-state index contributed by atoms with van der Waals surface area (Å²) in [6.45, 7) is 6.08. The molecule has 2 rings (SSSR count). The third-order valence-electron chi connectivity index (χ3n) is 2.58. The van der Waals surface area contributed by atoms with Gasteiger partial charge in [-0.05, 0) is 48.0 Å². The third-order valence-corrected chi connectivity index (χ3v) is 2.99. The second-order valence-corrected chi connectivity index (χ2v) is 5.32. The molecule has 0 saturated heterocycles. The van der Waals surface area contributed by atoms with Gasteiger partial charge in [0, 0.05) is 12.0 Å². The number of benzene rings is 1. The number of hydrogen-bond donors (Lipinski definition) is 0. The highest BCUT2D eigenvalue weighted by Gasteiger charge is 2.10. The van der Waals surface area contributed by atoms with E-state index < -0.39 is 0 Å². The zero-order valence-electron chi connectivity index (χ0n) is 11.4. The highest BCUT2D eigenvalue weighted by Crippen LogP contribution is 2.30. The summed E-state index contributed by atoms with van der Waals surface area (Å²) in [5, 5.41) is 0. The Morgan fingerprint density at radius 3 is 2.63 bits per heavy atom. The monoisotopic (exact) mass is 320 g/mol. The predicted molar refractivity (Wildman–Crippen MR) is 80.3 cm³/mol. The van der Waals surface area contributed by atoms with Gasteiger partial charge in [-0.3, -0.25) is 0 Å². The number of rotatable bonds is 4. The molecular weight excluding hydrogens is 304 g/mol. The van der Waals surface area contributed by atoms with Crippen LogP contribution in [0.2, 0.25) is 0 Å². The molecule has 0 amide bonds. The van der Waals surface area contributed by atoms with Gasteiger partial charge < -0.3 is 4.74 Å². The maximum absolute atomic E-state index is 5.84. The molecule has 0 atom stereocenters. The number of aryl methyl sites for hydroxylation is 1. The third kappa shape index (κ3) is 3.53. The van der Waals surface area contributed by atoms with Crippen molar-refractivity contribution < 1.29 is 4.74 Å². The molecule has 0 bridgehead atoms. The van der Waals surface area contributed by atoms with Crippen LogP contribution in [0.25, 0.3) is 11.3 Å². The molecule has 3 nitrogen and oxygen atoms in total. The summed E-state index contributed by atoms with van der Waals surface area (Å²) in [7, 11) is 0. The molecule has 0 aliphatic rings. The molecule has 1 aromatic carbocycles. The van der Waals surface area contributed by atoms with Crippen molar-refractivity contribution in [1.82, 2.24) is 9.97 Å². The summed E-state index contributed by atoms with van der Waals surface area (Å²) in [6, 6.07) is 9.87. The second kappa shape index (κ2) is 6.15. The number of hydrogen-bond acceptors (Lipinski definition) is 3. The Kier molecular flexibility index (Phi) is 4.53. The van der Waals surface area contributed by atoms with E-state index in [1.54, 1.807) is 0 Å². The molecule has 1 heterocycles. The predicted octanol–water partition coefficient (Wildman–Crippen LogP) is 4.26. The first-order chi connectivity index (χ1) is 9.10. The lowest BCUT2D eigenvalue weighted by atomic mass is 10.1. The van der Waals surface area contributed by atoms with Crippen molar-refractivity contribution in [1.29, 1.82) is 0 Å². The number of aromatic nitrogens is 2. The van der Waals surface area contributed by atoms with Gasteiger partial charge in [-0.15, -0.1) is 0 Å². The maximum Gasteiger partial charge on any atom is 0.130 e. The number of nitrogens with zero attached hydrogens (tertiary/aromatic N) is 2. The molecule has 0 radical (unpaired) electrons. The molecule has 4 heteroatoms. The molecule has 0 unspecified atom stereocenters. The Bertz CT molecular complexity index is 570. The van der Waals surface area contributed by atoms with E-state index in [9.17, 15) is 0 Å². The zero-order chi connectivity index (χ0) is 13.8. The van der Waals surface area contributed by atoms with Crippen LogP contribution in [0.15, 0.2) is 34.9 Å². The van der Waals surface area contributed by atoms with Gasteiger partial charge in [0.15, 0.2) is 0 Å². The lowest BCUT2D eigenvalue weighted by Gasteiger charge is -2.14. The molecule has 0 N–H and O–H groups in total. The van der Waals surface area contributed by atoms with Crippen molar-refractivity contribution >= 4 is 15.9 Å². The van der Waals surface area contributed by atoms with Gasteiger partial charge in [0.1, 0.15) is 16.2 Å². The van der Waals surface area contributed by atoms with E-state index in [1.807, 2.05) is 51.1 Å². The van der Waals surface area contributed by atoms with Gasteiger partial charge in [0.2, 0.25) is 0 Å². The van der Waals surface area contributed by atoms with Crippen LogP contribution < -0.4 is 4.74 Å². The van der Waals surface area contributed by atoms with Crippen LogP contribution in [0, 0.1) is 0 Å². The molecule has 1 aromatic heterocycles. The lowest BCUT2D eigenvalue weighted by molar-refractivity contribution is 0.243. The average molecular weight is 321 g/mol. The Balaban J connectivity index is 2.49. The maximum atomic E-state index is 5.84. The molecule has 2 aromatic rings. The van der Waals surface area contributed by atoms with E-state index >= 15 is 0 Å². The highest BCUT2D eigenvalue weighted by atomic mass is 79.9. The van der Waals surface area contributed by atoms with Gasteiger partial charge in [0.25, 0.3) is 0 Å². The highest BCUT2D eigenvalue weighted by molar-refractivity contribution is 9.10. The van der Waals surface area contributed by atoms with Crippen LogP contribution in [0.5, 0.6) is 5.75 Å². The Morgan fingerprint density at radius 2 is 1.95 bits per heavy atom. The second-order valence-electron chi connectivity index (χ2n) is 4.51. The molecule has 100 valence electrons. The minimum absolute atomic E-state index is 0.136. The lowest BCUT2D eigenvalue weighted by Crippen LogP contribution is -2.07. The smallest absolute Gasteiger partial charge is 0.130 e. The van der Waals surface area contributed by atoms with Crippen LogP contribution in [-0.2, 0) is 6.42 Å². The standard InChI is InChI=1S/C15H17BrN2O/c1-4-15-17-12(9-14(16)18-15)11-7-5-6-8-13(11)19-10(2)3/h5-10H,4H2,1-3H3. The van der Waals surface area contributed by atoms with Crippen LogP contribution in [0.3, 0.4) is 0 Å². The van der Waals surface area contributed by atoms with Crippen molar-refractivity contribution in [3.8, 4) is 17.0 Å². The largest absolute Gasteiger partial charge is 0.490 e. The fourth-order valence-corrected chi connectivity index (χ4v) is 2.22. The molecule has 0 spiro atoms. The van der Waals surface area contributed by atoms with Gasteiger partial charge in [-0.25, -0.2) is 9.97 Å². The first kappa shape index (κ1) is 14.0. The van der Waals surface area contributed by atoms with Crippen LogP contribution in [0.4, 0.5) is 0 Å².